The Morgan fingerprint density at radius 3 is 2.71 bits per heavy atom. The van der Waals surface area contributed by atoms with Crippen molar-refractivity contribution >= 4 is 0 Å². The first-order valence-electron chi connectivity index (χ1n) is 7.33. The maximum absolute atomic E-state index is 5.80. The van der Waals surface area contributed by atoms with E-state index in [1.165, 1.54) is 38.6 Å². The molecule has 0 aromatic rings. The molecule has 100 valence electrons. The maximum atomic E-state index is 5.80. The van der Waals surface area contributed by atoms with Crippen molar-refractivity contribution < 1.29 is 4.74 Å². The highest BCUT2D eigenvalue weighted by molar-refractivity contribution is 4.88. The van der Waals surface area contributed by atoms with Crippen molar-refractivity contribution in [1.29, 1.82) is 0 Å². The van der Waals surface area contributed by atoms with Gasteiger partial charge in [0.2, 0.25) is 0 Å². The highest BCUT2D eigenvalue weighted by atomic mass is 16.5. The molecule has 3 heteroatoms. The second-order valence-electron chi connectivity index (χ2n) is 5.71. The van der Waals surface area contributed by atoms with E-state index >= 15 is 0 Å². The van der Waals surface area contributed by atoms with Crippen LogP contribution in [0.5, 0.6) is 0 Å². The van der Waals surface area contributed by atoms with E-state index in [2.05, 4.69) is 24.2 Å². The molecule has 2 atom stereocenters. The average molecular weight is 240 g/mol. The predicted octanol–water partition coefficient (Wildman–Crippen LogP) is 1.88. The van der Waals surface area contributed by atoms with Crippen molar-refractivity contribution in [3.63, 3.8) is 0 Å². The molecule has 0 bridgehead atoms. The smallest absolute Gasteiger partial charge is 0.0701 e. The fraction of sp³-hybridized carbons (Fsp3) is 1.00. The first-order chi connectivity index (χ1) is 8.29. The zero-order chi connectivity index (χ0) is 12.1. The summed E-state index contributed by atoms with van der Waals surface area (Å²) in [4.78, 5) is 2.46. The molecule has 1 saturated heterocycles. The van der Waals surface area contributed by atoms with Gasteiger partial charge in [0.25, 0.3) is 0 Å². The summed E-state index contributed by atoms with van der Waals surface area (Å²) in [6.07, 6.45) is 7.17. The highest BCUT2D eigenvalue weighted by Gasteiger charge is 2.31. The van der Waals surface area contributed by atoms with Crippen molar-refractivity contribution in [2.45, 2.75) is 51.2 Å². The van der Waals surface area contributed by atoms with Crippen LogP contribution in [-0.4, -0.2) is 50.3 Å². The van der Waals surface area contributed by atoms with Crippen molar-refractivity contribution in [2.75, 3.05) is 33.3 Å². The van der Waals surface area contributed by atoms with Gasteiger partial charge in [-0.2, -0.15) is 0 Å². The third kappa shape index (κ3) is 4.57. The highest BCUT2D eigenvalue weighted by Crippen LogP contribution is 2.32. The number of nitrogens with one attached hydrogen (secondary N) is 1. The molecule has 0 aromatic heterocycles. The van der Waals surface area contributed by atoms with Gasteiger partial charge in [-0.05, 0) is 51.6 Å². The quantitative estimate of drug-likeness (QED) is 0.735. The van der Waals surface area contributed by atoms with Gasteiger partial charge in [-0.25, -0.2) is 0 Å². The van der Waals surface area contributed by atoms with E-state index in [1.54, 1.807) is 0 Å². The Morgan fingerprint density at radius 2 is 2.12 bits per heavy atom. The molecule has 0 spiro atoms. The Bertz CT molecular complexity index is 212. The largest absolute Gasteiger partial charge is 0.377 e. The lowest BCUT2D eigenvalue weighted by Gasteiger charge is -2.30. The fourth-order valence-electron chi connectivity index (χ4n) is 2.85. The summed E-state index contributed by atoms with van der Waals surface area (Å²) in [5.74, 6) is 0.935. The lowest BCUT2D eigenvalue weighted by molar-refractivity contribution is -0.00288. The number of rotatable bonds is 7. The second kappa shape index (κ2) is 6.72. The molecule has 1 aliphatic carbocycles. The zero-order valence-corrected chi connectivity index (χ0v) is 11.5. The van der Waals surface area contributed by atoms with Crippen LogP contribution >= 0.6 is 0 Å². The van der Waals surface area contributed by atoms with E-state index in [-0.39, 0.29) is 0 Å². The monoisotopic (exact) mass is 240 g/mol. The number of ether oxygens (including phenoxy) is 1. The Morgan fingerprint density at radius 1 is 1.29 bits per heavy atom. The third-order valence-electron chi connectivity index (χ3n) is 3.96. The Balaban J connectivity index is 1.68. The fourth-order valence-corrected chi connectivity index (χ4v) is 2.85. The van der Waals surface area contributed by atoms with E-state index < -0.39 is 0 Å². The Hall–Kier alpha value is -0.120. The lowest BCUT2D eigenvalue weighted by Crippen LogP contribution is -2.44. The minimum atomic E-state index is 0.482. The summed E-state index contributed by atoms with van der Waals surface area (Å²) in [5, 5.41) is 3.63. The van der Waals surface area contributed by atoms with E-state index in [1.807, 2.05) is 0 Å². The van der Waals surface area contributed by atoms with Crippen LogP contribution < -0.4 is 5.32 Å². The zero-order valence-electron chi connectivity index (χ0n) is 11.5. The van der Waals surface area contributed by atoms with Gasteiger partial charge < -0.3 is 15.0 Å². The molecule has 0 aromatic carbocycles. The van der Waals surface area contributed by atoms with Gasteiger partial charge in [0.1, 0.15) is 0 Å². The number of hydrogen-bond donors (Lipinski definition) is 1. The Kier molecular flexibility index (Phi) is 5.26. The van der Waals surface area contributed by atoms with Gasteiger partial charge in [0.15, 0.2) is 0 Å². The first kappa shape index (κ1) is 13.3. The van der Waals surface area contributed by atoms with Crippen LogP contribution in [0.1, 0.15) is 39.0 Å². The summed E-state index contributed by atoms with van der Waals surface area (Å²) < 4.78 is 5.80. The minimum Gasteiger partial charge on any atom is -0.377 e. The summed E-state index contributed by atoms with van der Waals surface area (Å²) in [7, 11) is 2.24. The maximum Gasteiger partial charge on any atom is 0.0701 e. The molecule has 2 unspecified atom stereocenters. The van der Waals surface area contributed by atoms with Crippen LogP contribution in [0.4, 0.5) is 0 Å². The molecule has 0 radical (unpaired) electrons. The molecule has 17 heavy (non-hydrogen) atoms. The SMILES string of the molecule is CCNC(CN(C)CC1CCCCO1)C1CC1. The standard InChI is InChI=1S/C14H28N2O/c1-3-15-14(12-7-8-12)11-16(2)10-13-6-4-5-9-17-13/h12-15H,3-11H2,1-2H3. The van der Waals surface area contributed by atoms with Gasteiger partial charge in [-0.15, -0.1) is 0 Å². The lowest BCUT2D eigenvalue weighted by atomic mass is 10.1. The van der Waals surface area contributed by atoms with Crippen molar-refractivity contribution in [3.05, 3.63) is 0 Å². The average Bonchev–Trinajstić information content (AvgIpc) is 3.13. The Labute approximate surface area is 106 Å². The van der Waals surface area contributed by atoms with Crippen LogP contribution in [0.15, 0.2) is 0 Å². The molecule has 1 aliphatic heterocycles. The summed E-state index contributed by atoms with van der Waals surface area (Å²) >= 11 is 0. The van der Waals surface area contributed by atoms with Crippen molar-refractivity contribution in [3.8, 4) is 0 Å². The van der Waals surface area contributed by atoms with Crippen LogP contribution in [-0.2, 0) is 4.74 Å². The number of likely N-dealkylation sites (N-methyl/N-ethyl adjacent to an activating group) is 2. The van der Waals surface area contributed by atoms with Crippen LogP contribution in [0.2, 0.25) is 0 Å². The molecule has 0 amide bonds. The second-order valence-corrected chi connectivity index (χ2v) is 5.71. The van der Waals surface area contributed by atoms with E-state index in [0.717, 1.165) is 25.6 Å². The number of nitrogens with zero attached hydrogens (tertiary/aromatic N) is 1. The van der Waals surface area contributed by atoms with Gasteiger partial charge in [0.05, 0.1) is 6.10 Å². The number of hydrogen-bond acceptors (Lipinski definition) is 3. The van der Waals surface area contributed by atoms with Crippen molar-refractivity contribution in [1.82, 2.24) is 10.2 Å². The molecule has 2 rings (SSSR count). The molecule has 1 heterocycles. The van der Waals surface area contributed by atoms with E-state index in [0.29, 0.717) is 12.1 Å². The van der Waals surface area contributed by atoms with Gasteiger partial charge in [0, 0.05) is 25.7 Å². The topological polar surface area (TPSA) is 24.5 Å². The predicted molar refractivity (Wildman–Crippen MR) is 71.3 cm³/mol. The molecule has 3 nitrogen and oxygen atoms in total. The molecule has 2 fully saturated rings. The summed E-state index contributed by atoms with van der Waals surface area (Å²) in [6, 6.07) is 0.702. The van der Waals surface area contributed by atoms with Crippen LogP contribution in [0, 0.1) is 5.92 Å². The summed E-state index contributed by atoms with van der Waals surface area (Å²) in [6.45, 7) is 6.55. The van der Waals surface area contributed by atoms with Gasteiger partial charge >= 0.3 is 0 Å². The third-order valence-corrected chi connectivity index (χ3v) is 3.96. The minimum absolute atomic E-state index is 0.482. The first-order valence-corrected chi connectivity index (χ1v) is 7.33. The molecular formula is C14H28N2O. The van der Waals surface area contributed by atoms with Gasteiger partial charge in [-0.1, -0.05) is 6.92 Å². The molecule has 1 saturated carbocycles. The van der Waals surface area contributed by atoms with E-state index in [4.69, 9.17) is 4.74 Å². The van der Waals surface area contributed by atoms with Crippen LogP contribution in [0.3, 0.4) is 0 Å². The van der Waals surface area contributed by atoms with E-state index in [9.17, 15) is 0 Å². The molecule has 2 aliphatic rings. The molecule has 1 N–H and O–H groups in total. The van der Waals surface area contributed by atoms with Gasteiger partial charge in [-0.3, -0.25) is 0 Å². The normalized spacial score (nSPS) is 27.4. The molecular weight excluding hydrogens is 212 g/mol. The van der Waals surface area contributed by atoms with Crippen LogP contribution in [0.25, 0.3) is 0 Å². The van der Waals surface area contributed by atoms with Crippen molar-refractivity contribution in [2.24, 2.45) is 5.92 Å². The summed E-state index contributed by atoms with van der Waals surface area (Å²) in [5.41, 5.74) is 0.